The maximum Gasteiger partial charge on any atom is 0.0598 e. The molecule has 0 aliphatic rings. The van der Waals surface area contributed by atoms with Crippen molar-refractivity contribution in [3.8, 4) is 0 Å². The maximum atomic E-state index is 5.59. The molecule has 0 aliphatic heterocycles. The summed E-state index contributed by atoms with van der Waals surface area (Å²) in [7, 11) is 0. The first kappa shape index (κ1) is 12.7. The van der Waals surface area contributed by atoms with Crippen LogP contribution in [0.5, 0.6) is 0 Å². The summed E-state index contributed by atoms with van der Waals surface area (Å²) in [5.74, 6) is 0. The summed E-state index contributed by atoms with van der Waals surface area (Å²) in [5, 5.41) is 0. The molecule has 0 bridgehead atoms. The van der Waals surface area contributed by atoms with Crippen molar-refractivity contribution in [2.75, 3.05) is 6.61 Å². The molecule has 0 unspecified atom stereocenters. The van der Waals surface area contributed by atoms with Crippen molar-refractivity contribution in [1.82, 2.24) is 0 Å². The van der Waals surface area contributed by atoms with E-state index in [1.807, 2.05) is 0 Å². The molecule has 0 fully saturated rings. The molecule has 0 atom stereocenters. The summed E-state index contributed by atoms with van der Waals surface area (Å²) in [6, 6.07) is 0. The van der Waals surface area contributed by atoms with E-state index in [0.717, 1.165) is 13.0 Å². The van der Waals surface area contributed by atoms with E-state index in [9.17, 15) is 0 Å². The van der Waals surface area contributed by atoms with Crippen LogP contribution in [-0.4, -0.2) is 12.2 Å². The number of hydrogen-bond donors (Lipinski definition) is 0. The van der Waals surface area contributed by atoms with E-state index in [-0.39, 0.29) is 5.60 Å². The molecule has 0 heterocycles. The molecule has 1 heteroatoms. The van der Waals surface area contributed by atoms with Crippen molar-refractivity contribution in [2.24, 2.45) is 5.41 Å². The van der Waals surface area contributed by atoms with Crippen molar-refractivity contribution >= 4 is 0 Å². The van der Waals surface area contributed by atoms with Gasteiger partial charge < -0.3 is 4.74 Å². The van der Waals surface area contributed by atoms with Crippen LogP contribution < -0.4 is 0 Å². The van der Waals surface area contributed by atoms with Crippen LogP contribution >= 0.6 is 0 Å². The number of allylic oxidation sites excluding steroid dienone is 1. The second-order valence-electron chi connectivity index (χ2n) is 5.52. The third-order valence-electron chi connectivity index (χ3n) is 1.44. The summed E-state index contributed by atoms with van der Waals surface area (Å²) < 4.78 is 5.59. The first-order valence-corrected chi connectivity index (χ1v) is 5.02. The molecule has 0 aromatic heterocycles. The first-order chi connectivity index (χ1) is 5.71. The van der Waals surface area contributed by atoms with E-state index >= 15 is 0 Å². The van der Waals surface area contributed by atoms with Gasteiger partial charge in [0.05, 0.1) is 12.2 Å². The Kier molecular flexibility index (Phi) is 4.69. The molecule has 0 spiro atoms. The molecule has 0 saturated heterocycles. The van der Waals surface area contributed by atoms with Crippen LogP contribution in [0.15, 0.2) is 12.2 Å². The van der Waals surface area contributed by atoms with Crippen molar-refractivity contribution in [1.29, 1.82) is 0 Å². The molecule has 0 amide bonds. The van der Waals surface area contributed by atoms with E-state index < -0.39 is 0 Å². The van der Waals surface area contributed by atoms with Gasteiger partial charge in [0, 0.05) is 0 Å². The lowest BCUT2D eigenvalue weighted by Crippen LogP contribution is -2.19. The molecule has 0 aromatic rings. The van der Waals surface area contributed by atoms with Gasteiger partial charge in [-0.05, 0) is 32.6 Å². The molecule has 0 aromatic carbocycles. The fourth-order valence-electron chi connectivity index (χ4n) is 0.870. The third kappa shape index (κ3) is 11.7. The first-order valence-electron chi connectivity index (χ1n) is 5.02. The molecule has 0 radical (unpaired) electrons. The molecule has 78 valence electrons. The Balaban J connectivity index is 3.53. The molecule has 13 heavy (non-hydrogen) atoms. The van der Waals surface area contributed by atoms with Gasteiger partial charge in [0.15, 0.2) is 0 Å². The third-order valence-corrected chi connectivity index (χ3v) is 1.44. The monoisotopic (exact) mass is 184 g/mol. The Morgan fingerprint density at radius 1 is 1.00 bits per heavy atom. The normalized spacial score (nSPS) is 14.0. The van der Waals surface area contributed by atoms with Gasteiger partial charge in [-0.2, -0.15) is 0 Å². The van der Waals surface area contributed by atoms with Crippen LogP contribution in [0.1, 0.15) is 48.0 Å². The second kappa shape index (κ2) is 4.80. The highest BCUT2D eigenvalue weighted by molar-refractivity contribution is 4.91. The number of ether oxygens (including phenoxy) is 1. The van der Waals surface area contributed by atoms with Crippen molar-refractivity contribution in [3.63, 3.8) is 0 Å². The highest BCUT2D eigenvalue weighted by Crippen LogP contribution is 2.15. The molecule has 0 saturated carbocycles. The van der Waals surface area contributed by atoms with Gasteiger partial charge >= 0.3 is 0 Å². The highest BCUT2D eigenvalue weighted by atomic mass is 16.5. The van der Waals surface area contributed by atoms with Gasteiger partial charge in [0.1, 0.15) is 0 Å². The quantitative estimate of drug-likeness (QED) is 0.479. The molecule has 0 rings (SSSR count). The average Bonchev–Trinajstić information content (AvgIpc) is 1.81. The minimum Gasteiger partial charge on any atom is -0.376 e. The van der Waals surface area contributed by atoms with Gasteiger partial charge in [-0.3, -0.25) is 0 Å². The summed E-state index contributed by atoms with van der Waals surface area (Å²) in [6.07, 6.45) is 5.44. The molecule has 0 aliphatic carbocycles. The van der Waals surface area contributed by atoms with Crippen LogP contribution in [0.2, 0.25) is 0 Å². The largest absolute Gasteiger partial charge is 0.376 e. The van der Waals surface area contributed by atoms with Crippen LogP contribution in [0, 0.1) is 5.41 Å². The summed E-state index contributed by atoms with van der Waals surface area (Å²) in [5.41, 5.74) is 0.289. The number of rotatable bonds is 3. The standard InChI is InChI=1S/C12H24O/c1-11(2,3)9-7-8-10-13-12(4,5)6/h7,9H,8,10H2,1-6H3/b9-7+. The molecular weight excluding hydrogens is 160 g/mol. The zero-order chi connectivity index (χ0) is 10.5. The summed E-state index contributed by atoms with van der Waals surface area (Å²) >= 11 is 0. The highest BCUT2D eigenvalue weighted by Gasteiger charge is 2.08. The summed E-state index contributed by atoms with van der Waals surface area (Å²) in [4.78, 5) is 0. The SMILES string of the molecule is CC(C)(C)/C=C/CCOC(C)(C)C. The Labute approximate surface area is 83.2 Å². The second-order valence-corrected chi connectivity index (χ2v) is 5.52. The lowest BCUT2D eigenvalue weighted by molar-refractivity contribution is -0.000152. The predicted octanol–water partition coefficient (Wildman–Crippen LogP) is 3.79. The minimum absolute atomic E-state index is 0.00439. The topological polar surface area (TPSA) is 9.23 Å². The van der Waals surface area contributed by atoms with Crippen LogP contribution in [0.25, 0.3) is 0 Å². The Morgan fingerprint density at radius 2 is 1.54 bits per heavy atom. The van der Waals surface area contributed by atoms with Gasteiger partial charge in [0.25, 0.3) is 0 Å². The van der Waals surface area contributed by atoms with E-state index in [0.29, 0.717) is 5.41 Å². The zero-order valence-electron chi connectivity index (χ0n) is 9.98. The Morgan fingerprint density at radius 3 is 1.92 bits per heavy atom. The van der Waals surface area contributed by atoms with Gasteiger partial charge in [-0.15, -0.1) is 0 Å². The van der Waals surface area contributed by atoms with E-state index in [4.69, 9.17) is 4.74 Å². The Bertz CT molecular complexity index is 155. The fourth-order valence-corrected chi connectivity index (χ4v) is 0.870. The van der Waals surface area contributed by atoms with Gasteiger partial charge in [0.2, 0.25) is 0 Å². The van der Waals surface area contributed by atoms with E-state index in [1.165, 1.54) is 0 Å². The minimum atomic E-state index is -0.00439. The van der Waals surface area contributed by atoms with E-state index in [2.05, 4.69) is 53.7 Å². The van der Waals surface area contributed by atoms with E-state index in [1.54, 1.807) is 0 Å². The molecule has 1 nitrogen and oxygen atoms in total. The van der Waals surface area contributed by atoms with Crippen molar-refractivity contribution in [2.45, 2.75) is 53.6 Å². The molecule has 0 N–H and O–H groups in total. The van der Waals surface area contributed by atoms with Crippen LogP contribution in [-0.2, 0) is 4.74 Å². The van der Waals surface area contributed by atoms with Crippen LogP contribution in [0.3, 0.4) is 0 Å². The maximum absolute atomic E-state index is 5.59. The smallest absolute Gasteiger partial charge is 0.0598 e. The lowest BCUT2D eigenvalue weighted by Gasteiger charge is -2.19. The van der Waals surface area contributed by atoms with Gasteiger partial charge in [-0.1, -0.05) is 32.9 Å². The van der Waals surface area contributed by atoms with Gasteiger partial charge in [-0.25, -0.2) is 0 Å². The fraction of sp³-hybridized carbons (Fsp3) is 0.833. The average molecular weight is 184 g/mol. The zero-order valence-corrected chi connectivity index (χ0v) is 9.98. The molecular formula is C12H24O. The predicted molar refractivity (Wildman–Crippen MR) is 58.9 cm³/mol. The van der Waals surface area contributed by atoms with Crippen LogP contribution in [0.4, 0.5) is 0 Å². The number of hydrogen-bond acceptors (Lipinski definition) is 1. The lowest BCUT2D eigenvalue weighted by atomic mass is 9.96. The van der Waals surface area contributed by atoms with Crippen molar-refractivity contribution < 1.29 is 4.74 Å². The van der Waals surface area contributed by atoms with Crippen molar-refractivity contribution in [3.05, 3.63) is 12.2 Å². The Hall–Kier alpha value is -0.300. The summed E-state index contributed by atoms with van der Waals surface area (Å²) in [6.45, 7) is 13.7.